The van der Waals surface area contributed by atoms with Gasteiger partial charge in [0.2, 0.25) is 0 Å². The van der Waals surface area contributed by atoms with Crippen LogP contribution in [0.15, 0.2) is 23.3 Å². The van der Waals surface area contributed by atoms with Gasteiger partial charge >= 0.3 is 6.16 Å². The molecule has 5 rings (SSSR count). The summed E-state index contributed by atoms with van der Waals surface area (Å²) in [6, 6.07) is 0. The van der Waals surface area contributed by atoms with Crippen LogP contribution in [0.1, 0.15) is 112 Å². The molecule has 0 bridgehead atoms. The Labute approximate surface area is 228 Å². The Morgan fingerprint density at radius 1 is 0.974 bits per heavy atom. The van der Waals surface area contributed by atoms with Gasteiger partial charge in [-0.25, -0.2) is 4.79 Å². The molecule has 2 amide bonds. The number of amides is 2. The van der Waals surface area contributed by atoms with Crippen LogP contribution in [-0.2, 0) is 19.2 Å². The normalized spacial score (nSPS) is 37.3. The molecule has 7 atom stereocenters. The summed E-state index contributed by atoms with van der Waals surface area (Å²) < 4.78 is 5.58. The van der Waals surface area contributed by atoms with Crippen molar-refractivity contribution in [3.63, 3.8) is 0 Å². The summed E-state index contributed by atoms with van der Waals surface area (Å²) in [5.41, 5.74) is 3.57. The summed E-state index contributed by atoms with van der Waals surface area (Å²) in [4.78, 5) is 40.8. The maximum Gasteiger partial charge on any atom is 0.534 e. The van der Waals surface area contributed by atoms with E-state index in [1.807, 2.05) is 0 Å². The molecule has 4 aliphatic carbocycles. The van der Waals surface area contributed by atoms with Gasteiger partial charge in [0.05, 0.1) is 0 Å². The lowest BCUT2D eigenvalue weighted by Gasteiger charge is -2.55. The Hall–Kier alpha value is -2.11. The van der Waals surface area contributed by atoms with Crippen molar-refractivity contribution in [2.75, 3.05) is 0 Å². The molecule has 1 saturated heterocycles. The third-order valence-electron chi connectivity index (χ3n) is 11.2. The molecule has 6 nitrogen and oxygen atoms in total. The summed E-state index contributed by atoms with van der Waals surface area (Å²) in [5.74, 6) is 2.70. The molecule has 0 aromatic heterocycles. The lowest BCUT2D eigenvalue weighted by Crippen LogP contribution is -2.47. The minimum absolute atomic E-state index is 0.0780. The molecule has 0 aromatic carbocycles. The first-order chi connectivity index (χ1) is 18.0. The van der Waals surface area contributed by atoms with Gasteiger partial charge in [0.25, 0.3) is 11.8 Å². The highest BCUT2D eigenvalue weighted by Crippen LogP contribution is 2.66. The second-order valence-electron chi connectivity index (χ2n) is 13.8. The zero-order valence-corrected chi connectivity index (χ0v) is 24.1. The van der Waals surface area contributed by atoms with Crippen LogP contribution in [-0.4, -0.2) is 29.1 Å². The van der Waals surface area contributed by atoms with Gasteiger partial charge in [0, 0.05) is 19.3 Å². The lowest BCUT2D eigenvalue weighted by atomic mass is 9.50. The number of ether oxygens (including phenoxy) is 1. The largest absolute Gasteiger partial charge is 0.534 e. The maximum absolute atomic E-state index is 12.3. The van der Waals surface area contributed by atoms with Gasteiger partial charge in [0.15, 0.2) is 0 Å². The SMILES string of the molecule is CC(C)CCC[C@@H](C)[C@H]1CCC2C3=CC=C4C[C@@H](OC(=O)ON5C(=O)CCC5=O)CC[C@]4(C)C3CC[C@@]21C. The molecular formula is C32H47NO5. The summed E-state index contributed by atoms with van der Waals surface area (Å²) in [7, 11) is 0. The molecule has 0 N–H and O–H groups in total. The molecule has 5 aliphatic rings. The number of hydrogen-bond donors (Lipinski definition) is 0. The highest BCUT2D eigenvalue weighted by Gasteiger charge is 2.57. The van der Waals surface area contributed by atoms with Crippen LogP contribution in [0.25, 0.3) is 0 Å². The van der Waals surface area contributed by atoms with Crippen molar-refractivity contribution in [2.24, 2.45) is 40.4 Å². The third kappa shape index (κ3) is 4.86. The number of hydrogen-bond acceptors (Lipinski definition) is 5. The number of carbonyl (C=O) groups excluding carboxylic acids is 3. The second-order valence-corrected chi connectivity index (χ2v) is 13.8. The van der Waals surface area contributed by atoms with E-state index in [0.717, 1.165) is 30.6 Å². The Kier molecular flexibility index (Phi) is 7.56. The van der Waals surface area contributed by atoms with E-state index in [1.165, 1.54) is 50.5 Å². The van der Waals surface area contributed by atoms with Gasteiger partial charge in [0.1, 0.15) is 6.10 Å². The Morgan fingerprint density at radius 3 is 2.42 bits per heavy atom. The third-order valence-corrected chi connectivity index (χ3v) is 11.2. The van der Waals surface area contributed by atoms with Crippen LogP contribution < -0.4 is 0 Å². The minimum atomic E-state index is -0.956. The number of nitrogens with zero attached hydrogens (tertiary/aromatic N) is 1. The maximum atomic E-state index is 12.3. The molecule has 1 heterocycles. The monoisotopic (exact) mass is 525 g/mol. The number of imide groups is 1. The van der Waals surface area contributed by atoms with E-state index in [1.54, 1.807) is 5.57 Å². The molecule has 2 unspecified atom stereocenters. The van der Waals surface area contributed by atoms with Gasteiger partial charge in [-0.15, -0.1) is 0 Å². The van der Waals surface area contributed by atoms with Gasteiger partial charge in [-0.3, -0.25) is 14.4 Å². The van der Waals surface area contributed by atoms with E-state index in [4.69, 9.17) is 9.57 Å². The first-order valence-electron chi connectivity index (χ1n) is 15.2. The van der Waals surface area contributed by atoms with Crippen LogP contribution in [0.3, 0.4) is 0 Å². The fourth-order valence-electron chi connectivity index (χ4n) is 8.98. The van der Waals surface area contributed by atoms with Gasteiger partial charge in [-0.1, -0.05) is 82.2 Å². The summed E-state index contributed by atoms with van der Waals surface area (Å²) >= 11 is 0. The molecule has 0 radical (unpaired) electrons. The van der Waals surface area contributed by atoms with E-state index < -0.39 is 18.0 Å². The fourth-order valence-corrected chi connectivity index (χ4v) is 8.98. The molecule has 0 aromatic rings. The molecule has 210 valence electrons. The molecule has 4 fully saturated rings. The first kappa shape index (κ1) is 27.5. The summed E-state index contributed by atoms with van der Waals surface area (Å²) in [5, 5.41) is 0.559. The van der Waals surface area contributed by atoms with E-state index in [9.17, 15) is 14.4 Å². The van der Waals surface area contributed by atoms with E-state index in [2.05, 4.69) is 46.8 Å². The first-order valence-corrected chi connectivity index (χ1v) is 15.2. The van der Waals surface area contributed by atoms with Crippen molar-refractivity contribution in [3.8, 4) is 0 Å². The Balaban J connectivity index is 1.25. The van der Waals surface area contributed by atoms with Gasteiger partial charge in [-0.2, -0.15) is 0 Å². The predicted molar refractivity (Wildman–Crippen MR) is 145 cm³/mol. The Bertz CT molecular complexity index is 1010. The van der Waals surface area contributed by atoms with Crippen LogP contribution in [0.5, 0.6) is 0 Å². The van der Waals surface area contributed by atoms with Crippen molar-refractivity contribution in [3.05, 3.63) is 23.3 Å². The number of allylic oxidation sites excluding steroid dienone is 3. The quantitative estimate of drug-likeness (QED) is 0.254. The predicted octanol–water partition coefficient (Wildman–Crippen LogP) is 7.53. The minimum Gasteiger partial charge on any atom is -0.429 e. The molecule has 0 spiro atoms. The average Bonchev–Trinajstić information content (AvgIpc) is 3.38. The highest BCUT2D eigenvalue weighted by molar-refractivity contribution is 6.01. The van der Waals surface area contributed by atoms with Crippen LogP contribution in [0, 0.1) is 40.4 Å². The van der Waals surface area contributed by atoms with Crippen molar-refractivity contribution in [1.82, 2.24) is 5.06 Å². The van der Waals surface area contributed by atoms with Crippen molar-refractivity contribution >= 4 is 18.0 Å². The van der Waals surface area contributed by atoms with Gasteiger partial charge in [-0.05, 0) is 78.9 Å². The number of carbonyl (C=O) groups is 3. The summed E-state index contributed by atoms with van der Waals surface area (Å²) in [6.45, 7) is 12.2. The fraction of sp³-hybridized carbons (Fsp3) is 0.781. The zero-order chi connectivity index (χ0) is 27.2. The number of rotatable bonds is 7. The number of fused-ring (bicyclic) bond motifs is 5. The summed E-state index contributed by atoms with van der Waals surface area (Å²) in [6.07, 6.45) is 15.4. The molecule has 38 heavy (non-hydrogen) atoms. The molecule has 1 aliphatic heterocycles. The van der Waals surface area contributed by atoms with Crippen LogP contribution in [0.2, 0.25) is 0 Å². The zero-order valence-electron chi connectivity index (χ0n) is 24.1. The van der Waals surface area contributed by atoms with Crippen molar-refractivity contribution < 1.29 is 24.0 Å². The molecule has 3 saturated carbocycles. The van der Waals surface area contributed by atoms with Crippen LogP contribution in [0.4, 0.5) is 4.79 Å². The van der Waals surface area contributed by atoms with Gasteiger partial charge < -0.3 is 4.74 Å². The lowest BCUT2D eigenvalue weighted by molar-refractivity contribution is -0.179. The Morgan fingerprint density at radius 2 is 1.71 bits per heavy atom. The second kappa shape index (κ2) is 10.5. The van der Waals surface area contributed by atoms with Crippen molar-refractivity contribution in [2.45, 2.75) is 118 Å². The van der Waals surface area contributed by atoms with E-state index in [0.29, 0.717) is 28.7 Å². The van der Waals surface area contributed by atoms with E-state index in [-0.39, 0.29) is 24.4 Å². The van der Waals surface area contributed by atoms with Crippen molar-refractivity contribution in [1.29, 1.82) is 0 Å². The van der Waals surface area contributed by atoms with Crippen LogP contribution >= 0.6 is 0 Å². The molecule has 6 heteroatoms. The van der Waals surface area contributed by atoms with E-state index >= 15 is 0 Å². The number of hydroxylamine groups is 2. The smallest absolute Gasteiger partial charge is 0.429 e. The topological polar surface area (TPSA) is 72.9 Å². The standard InChI is InChI=1S/C32H47NO5/c1-20(2)7-6-8-21(3)25-11-12-26-24-10-9-22-19-23(37-30(36)38-33-28(34)13-14-29(33)35)15-17-31(22,4)27(24)16-18-32(25,26)5/h9-10,20-21,23,25-27H,6-8,11-19H2,1-5H3/t21-,23+,25-,26?,27?,31+,32-/m1/s1. The molecular weight excluding hydrogens is 478 g/mol. The highest BCUT2D eigenvalue weighted by atomic mass is 16.8. The average molecular weight is 526 g/mol.